The molecule has 2 aliphatic rings. The number of hydrogen-bond acceptors (Lipinski definition) is 2. The van der Waals surface area contributed by atoms with Gasteiger partial charge in [0, 0.05) is 34.6 Å². The second kappa shape index (κ2) is 4.73. The van der Waals surface area contributed by atoms with Crippen LogP contribution in [0.5, 0.6) is 0 Å². The van der Waals surface area contributed by atoms with E-state index >= 15 is 0 Å². The van der Waals surface area contributed by atoms with Gasteiger partial charge in [0.15, 0.2) is 0 Å². The van der Waals surface area contributed by atoms with Gasteiger partial charge in [-0.05, 0) is 40.9 Å². The number of fused-ring (bicyclic) bond motifs is 1. The fourth-order valence-electron chi connectivity index (χ4n) is 3.92. The number of benzene rings is 1. The summed E-state index contributed by atoms with van der Waals surface area (Å²) < 4.78 is 1.05. The monoisotopic (exact) mass is 330 g/mol. The molecule has 2 heterocycles. The Labute approximate surface area is 128 Å². The van der Waals surface area contributed by atoms with Crippen LogP contribution < -0.4 is 4.90 Å². The molecule has 0 radical (unpaired) electrons. The third-order valence-corrected chi connectivity index (χ3v) is 5.40. The van der Waals surface area contributed by atoms with Gasteiger partial charge in [-0.15, -0.1) is 0 Å². The lowest BCUT2D eigenvalue weighted by Gasteiger charge is -2.53. The van der Waals surface area contributed by atoms with E-state index in [9.17, 15) is 0 Å². The van der Waals surface area contributed by atoms with Gasteiger partial charge in [-0.3, -0.25) is 4.98 Å². The average Bonchev–Trinajstić information content (AvgIpc) is 2.44. The Morgan fingerprint density at radius 1 is 1.10 bits per heavy atom. The lowest BCUT2D eigenvalue weighted by atomic mass is 9.68. The number of pyridine rings is 1. The van der Waals surface area contributed by atoms with Crippen LogP contribution in [0.2, 0.25) is 0 Å². The zero-order valence-electron chi connectivity index (χ0n) is 11.6. The maximum atomic E-state index is 4.63. The molecule has 0 atom stereocenters. The maximum absolute atomic E-state index is 4.63. The van der Waals surface area contributed by atoms with Crippen LogP contribution in [-0.4, -0.2) is 18.1 Å². The van der Waals surface area contributed by atoms with Gasteiger partial charge in [0.25, 0.3) is 0 Å². The first-order chi connectivity index (χ1) is 9.76. The van der Waals surface area contributed by atoms with Crippen molar-refractivity contribution in [1.29, 1.82) is 0 Å². The summed E-state index contributed by atoms with van der Waals surface area (Å²) in [7, 11) is 0. The van der Waals surface area contributed by atoms with E-state index in [1.54, 1.807) is 0 Å². The third kappa shape index (κ3) is 2.03. The fourth-order valence-corrected chi connectivity index (χ4v) is 4.27. The third-order valence-electron chi connectivity index (χ3n) is 4.96. The molecule has 0 N–H and O–H groups in total. The largest absolute Gasteiger partial charge is 0.369 e. The van der Waals surface area contributed by atoms with Crippen molar-refractivity contribution in [3.63, 3.8) is 0 Å². The number of halogens is 1. The predicted molar refractivity (Wildman–Crippen MR) is 87.2 cm³/mol. The molecule has 1 aromatic carbocycles. The Morgan fingerprint density at radius 3 is 2.70 bits per heavy atom. The Bertz CT molecular complexity index is 638. The first-order valence-corrected chi connectivity index (χ1v) is 8.34. The lowest BCUT2D eigenvalue weighted by Crippen LogP contribution is -2.57. The molecule has 20 heavy (non-hydrogen) atoms. The van der Waals surface area contributed by atoms with Gasteiger partial charge >= 0.3 is 0 Å². The van der Waals surface area contributed by atoms with E-state index in [-0.39, 0.29) is 0 Å². The van der Waals surface area contributed by atoms with Crippen molar-refractivity contribution in [3.05, 3.63) is 34.9 Å². The zero-order chi connectivity index (χ0) is 13.6. The lowest BCUT2D eigenvalue weighted by molar-refractivity contribution is 0.140. The molecule has 104 valence electrons. The summed E-state index contributed by atoms with van der Waals surface area (Å²) in [5.41, 5.74) is 3.07. The Morgan fingerprint density at radius 2 is 1.90 bits per heavy atom. The van der Waals surface area contributed by atoms with Crippen LogP contribution in [0.4, 0.5) is 5.69 Å². The van der Waals surface area contributed by atoms with Gasteiger partial charge in [-0.2, -0.15) is 0 Å². The van der Waals surface area contributed by atoms with Crippen LogP contribution in [-0.2, 0) is 0 Å². The standard InChI is InChI=1S/C17H19BrN2/c18-14-9-13-5-4-6-15(16(13)19-10-14)20-11-17(12-20)7-2-1-3-8-17/h4-6,9-10H,1-3,7-8,11-12H2. The second-order valence-electron chi connectivity index (χ2n) is 6.42. The summed E-state index contributed by atoms with van der Waals surface area (Å²) in [4.78, 5) is 7.15. The molecule has 0 bridgehead atoms. The molecule has 0 amide bonds. The average molecular weight is 331 g/mol. The minimum Gasteiger partial charge on any atom is -0.369 e. The van der Waals surface area contributed by atoms with Crippen molar-refractivity contribution in [3.8, 4) is 0 Å². The maximum Gasteiger partial charge on any atom is 0.0936 e. The highest BCUT2D eigenvalue weighted by atomic mass is 79.9. The van der Waals surface area contributed by atoms with E-state index < -0.39 is 0 Å². The van der Waals surface area contributed by atoms with E-state index in [4.69, 9.17) is 0 Å². The van der Waals surface area contributed by atoms with Gasteiger partial charge in [-0.25, -0.2) is 0 Å². The van der Waals surface area contributed by atoms with Crippen LogP contribution in [0, 0.1) is 5.41 Å². The van der Waals surface area contributed by atoms with E-state index in [1.807, 2.05) is 6.20 Å². The first kappa shape index (κ1) is 12.6. The molecule has 1 saturated heterocycles. The molecule has 4 rings (SSSR count). The summed E-state index contributed by atoms with van der Waals surface area (Å²) in [5, 5.41) is 1.22. The molecule has 2 nitrogen and oxygen atoms in total. The molecule has 3 heteroatoms. The Hall–Kier alpha value is -1.09. The van der Waals surface area contributed by atoms with E-state index in [0.717, 1.165) is 9.99 Å². The molecule has 1 aromatic heterocycles. The van der Waals surface area contributed by atoms with Crippen molar-refractivity contribution >= 4 is 32.5 Å². The number of hydrogen-bond donors (Lipinski definition) is 0. The van der Waals surface area contributed by atoms with Crippen molar-refractivity contribution < 1.29 is 0 Å². The highest BCUT2D eigenvalue weighted by Crippen LogP contribution is 2.46. The Kier molecular flexibility index (Phi) is 2.99. The molecular formula is C17H19BrN2. The first-order valence-electron chi connectivity index (χ1n) is 7.55. The van der Waals surface area contributed by atoms with Crippen molar-refractivity contribution in [2.45, 2.75) is 32.1 Å². The molecule has 1 spiro atoms. The Balaban J connectivity index is 1.64. The second-order valence-corrected chi connectivity index (χ2v) is 7.33. The van der Waals surface area contributed by atoms with E-state index in [2.05, 4.69) is 50.1 Å². The van der Waals surface area contributed by atoms with Gasteiger partial charge in [0.2, 0.25) is 0 Å². The van der Waals surface area contributed by atoms with Gasteiger partial charge in [-0.1, -0.05) is 31.4 Å². The predicted octanol–water partition coefficient (Wildman–Crippen LogP) is 4.77. The van der Waals surface area contributed by atoms with Crippen molar-refractivity contribution in [1.82, 2.24) is 4.98 Å². The molecule has 1 aliphatic carbocycles. The van der Waals surface area contributed by atoms with Gasteiger partial charge < -0.3 is 4.90 Å². The fraction of sp³-hybridized carbons (Fsp3) is 0.471. The molecular weight excluding hydrogens is 312 g/mol. The molecule has 2 fully saturated rings. The van der Waals surface area contributed by atoms with E-state index in [1.165, 1.54) is 56.3 Å². The van der Waals surface area contributed by atoms with Gasteiger partial charge in [0.05, 0.1) is 11.2 Å². The minimum atomic E-state index is 0.621. The topological polar surface area (TPSA) is 16.1 Å². The number of rotatable bonds is 1. The number of nitrogens with zero attached hydrogens (tertiary/aromatic N) is 2. The van der Waals surface area contributed by atoms with Crippen LogP contribution >= 0.6 is 15.9 Å². The summed E-state index contributed by atoms with van der Waals surface area (Å²) in [6, 6.07) is 8.67. The normalized spacial score (nSPS) is 21.1. The molecule has 1 aliphatic heterocycles. The van der Waals surface area contributed by atoms with Crippen molar-refractivity contribution in [2.75, 3.05) is 18.0 Å². The number of aromatic nitrogens is 1. The summed E-state index contributed by atoms with van der Waals surface area (Å²) in [6.45, 7) is 2.45. The number of anilines is 1. The molecule has 1 saturated carbocycles. The molecule has 2 aromatic rings. The highest BCUT2D eigenvalue weighted by Gasteiger charge is 2.43. The summed E-state index contributed by atoms with van der Waals surface area (Å²) in [5.74, 6) is 0. The van der Waals surface area contributed by atoms with Crippen LogP contribution in [0.1, 0.15) is 32.1 Å². The molecule has 0 unspecified atom stereocenters. The SMILES string of the molecule is Brc1cnc2c(N3CC4(CCCCC4)C3)cccc2c1. The highest BCUT2D eigenvalue weighted by molar-refractivity contribution is 9.10. The number of para-hydroxylation sites is 1. The zero-order valence-corrected chi connectivity index (χ0v) is 13.2. The minimum absolute atomic E-state index is 0.621. The van der Waals surface area contributed by atoms with Crippen LogP contribution in [0.25, 0.3) is 10.9 Å². The van der Waals surface area contributed by atoms with Crippen molar-refractivity contribution in [2.24, 2.45) is 5.41 Å². The van der Waals surface area contributed by atoms with Crippen LogP contribution in [0.15, 0.2) is 34.9 Å². The summed E-state index contributed by atoms with van der Waals surface area (Å²) in [6.07, 6.45) is 9.04. The summed E-state index contributed by atoms with van der Waals surface area (Å²) >= 11 is 3.51. The smallest absolute Gasteiger partial charge is 0.0936 e. The van der Waals surface area contributed by atoms with Gasteiger partial charge in [0.1, 0.15) is 0 Å². The van der Waals surface area contributed by atoms with E-state index in [0.29, 0.717) is 5.41 Å². The van der Waals surface area contributed by atoms with Crippen LogP contribution in [0.3, 0.4) is 0 Å². The quantitative estimate of drug-likeness (QED) is 0.748.